The van der Waals surface area contributed by atoms with Crippen LogP contribution < -0.4 is 15.4 Å². The lowest BCUT2D eigenvalue weighted by atomic mass is 10.0. The molecule has 2 rings (SSSR count). The Balaban J connectivity index is 2.76. The summed E-state index contributed by atoms with van der Waals surface area (Å²) in [6.07, 6.45) is -10.8. The highest BCUT2D eigenvalue weighted by Gasteiger charge is 2.42. The van der Waals surface area contributed by atoms with Crippen LogP contribution in [0.4, 0.5) is 43.4 Å². The molecular weight excluding hydrogens is 496 g/mol. The van der Waals surface area contributed by atoms with E-state index in [0.717, 1.165) is 45.0 Å². The van der Waals surface area contributed by atoms with Gasteiger partial charge >= 0.3 is 24.2 Å². The van der Waals surface area contributed by atoms with Crippen molar-refractivity contribution in [1.29, 1.82) is 0 Å². The van der Waals surface area contributed by atoms with Gasteiger partial charge in [-0.1, -0.05) is 0 Å². The molecule has 0 atom stereocenters. The van der Waals surface area contributed by atoms with Crippen LogP contribution in [0.3, 0.4) is 0 Å². The molecule has 34 heavy (non-hydrogen) atoms. The number of carbonyl (C=O) groups excluding carboxylic acids is 2. The number of hydrogen-bond donors (Lipinski definition) is 4. The molecule has 0 bridgehead atoms. The molecule has 0 aliphatic carbocycles. The van der Waals surface area contributed by atoms with E-state index in [9.17, 15) is 49.5 Å². The molecule has 0 spiro atoms. The predicted octanol–water partition coefficient (Wildman–Crippen LogP) is 4.12. The van der Waals surface area contributed by atoms with E-state index in [1.165, 1.54) is 10.6 Å². The number of rotatable bonds is 5. The number of benzene rings is 2. The molecule has 2 aromatic carbocycles. The minimum Gasteiger partial charge on any atom is -0.508 e. The number of anilines is 3. The number of sulfonamides is 1. The van der Waals surface area contributed by atoms with Crippen LogP contribution in [0, 0.1) is 20.8 Å². The van der Waals surface area contributed by atoms with Gasteiger partial charge in [0.05, 0.1) is 16.3 Å². The quantitative estimate of drug-likeness (QED) is 0.354. The number of phenols is 1. The van der Waals surface area contributed by atoms with Crippen LogP contribution in [0.25, 0.3) is 0 Å². The summed E-state index contributed by atoms with van der Waals surface area (Å²) in [5.74, 6) is -5.23. The Hall–Kier alpha value is -3.49. The monoisotopic (exact) mass is 513 g/mol. The van der Waals surface area contributed by atoms with E-state index in [-0.39, 0.29) is 11.4 Å². The number of halogens is 6. The first-order valence-corrected chi connectivity index (χ1v) is 10.6. The summed E-state index contributed by atoms with van der Waals surface area (Å²) < 4.78 is 105. The second-order valence-corrected chi connectivity index (χ2v) is 8.63. The number of amides is 2. The summed E-state index contributed by atoms with van der Waals surface area (Å²) >= 11 is 0. The first-order valence-electron chi connectivity index (χ1n) is 9.08. The molecule has 15 heteroatoms. The molecule has 0 heterocycles. The summed E-state index contributed by atoms with van der Waals surface area (Å²) in [5, 5.41) is 12.2. The Morgan fingerprint density at radius 1 is 0.765 bits per heavy atom. The van der Waals surface area contributed by atoms with Crippen molar-refractivity contribution < 1.29 is 49.5 Å². The molecule has 0 aromatic heterocycles. The van der Waals surface area contributed by atoms with E-state index in [2.05, 4.69) is 4.72 Å². The van der Waals surface area contributed by atoms with Crippen LogP contribution in [0.5, 0.6) is 5.75 Å². The van der Waals surface area contributed by atoms with E-state index in [1.807, 2.05) is 0 Å². The van der Waals surface area contributed by atoms with Crippen molar-refractivity contribution in [2.45, 2.75) is 38.0 Å². The standard InChI is InChI=1S/C19H17F6N3O5S/c1-8-13(26-16(30)18(20,21)22)9(2)15(10(3)14(8)27-17(31)19(23,24)25)34(32,33)28-11-4-6-12(29)7-5-11/h4-7,28-29H,1-3H3,(H,26,30)(H,27,31). The maximum atomic E-state index is 13.1. The van der Waals surface area contributed by atoms with Crippen molar-refractivity contribution in [3.8, 4) is 5.75 Å². The van der Waals surface area contributed by atoms with E-state index < -0.39 is 67.2 Å². The Morgan fingerprint density at radius 3 is 1.50 bits per heavy atom. The maximum absolute atomic E-state index is 13.1. The van der Waals surface area contributed by atoms with E-state index in [1.54, 1.807) is 0 Å². The van der Waals surface area contributed by atoms with Gasteiger partial charge in [-0.05, 0) is 61.7 Å². The molecule has 8 nitrogen and oxygen atoms in total. The van der Waals surface area contributed by atoms with Gasteiger partial charge in [0, 0.05) is 5.69 Å². The fourth-order valence-corrected chi connectivity index (χ4v) is 4.64. The van der Waals surface area contributed by atoms with Crippen LogP contribution in [-0.4, -0.2) is 37.7 Å². The minimum absolute atomic E-state index is 0.0982. The molecular formula is C19H17F6N3O5S. The second-order valence-electron chi connectivity index (χ2n) is 7.01. The summed E-state index contributed by atoms with van der Waals surface area (Å²) in [5.41, 5.74) is -2.89. The average molecular weight is 513 g/mol. The Morgan fingerprint density at radius 2 is 1.15 bits per heavy atom. The molecule has 0 radical (unpaired) electrons. The average Bonchev–Trinajstić information content (AvgIpc) is 2.68. The molecule has 0 fully saturated rings. The fraction of sp³-hybridized carbons (Fsp3) is 0.263. The van der Waals surface area contributed by atoms with Crippen molar-refractivity contribution in [2.24, 2.45) is 0 Å². The maximum Gasteiger partial charge on any atom is 0.471 e. The zero-order valence-electron chi connectivity index (χ0n) is 17.6. The van der Waals surface area contributed by atoms with Gasteiger partial charge in [-0.15, -0.1) is 0 Å². The second kappa shape index (κ2) is 9.04. The normalized spacial score (nSPS) is 12.3. The van der Waals surface area contributed by atoms with E-state index in [4.69, 9.17) is 0 Å². The fourth-order valence-electron chi connectivity index (χ4n) is 3.08. The molecule has 2 aromatic rings. The van der Waals surface area contributed by atoms with Gasteiger partial charge in [0.15, 0.2) is 0 Å². The van der Waals surface area contributed by atoms with Gasteiger partial charge in [-0.3, -0.25) is 14.3 Å². The van der Waals surface area contributed by atoms with Crippen LogP contribution in [0.2, 0.25) is 0 Å². The van der Waals surface area contributed by atoms with Crippen LogP contribution >= 0.6 is 0 Å². The molecule has 0 saturated heterocycles. The predicted molar refractivity (Wildman–Crippen MR) is 109 cm³/mol. The number of phenolic OH excluding ortho intramolecular Hbond substituents is 1. The first kappa shape index (κ1) is 26.8. The zero-order valence-corrected chi connectivity index (χ0v) is 18.4. The van der Waals surface area contributed by atoms with Crippen molar-refractivity contribution in [3.63, 3.8) is 0 Å². The van der Waals surface area contributed by atoms with Crippen molar-refractivity contribution >= 4 is 38.9 Å². The molecule has 0 aliphatic rings. The first-order chi connectivity index (χ1) is 15.4. The zero-order chi connectivity index (χ0) is 26.2. The third-order valence-electron chi connectivity index (χ3n) is 4.56. The van der Waals surface area contributed by atoms with Gasteiger partial charge in [-0.25, -0.2) is 8.42 Å². The van der Waals surface area contributed by atoms with Gasteiger partial charge in [0.1, 0.15) is 5.75 Å². The minimum atomic E-state index is -5.40. The number of alkyl halides is 6. The number of nitrogens with one attached hydrogen (secondary N) is 3. The summed E-state index contributed by atoms with van der Waals surface area (Å²) in [7, 11) is -4.69. The van der Waals surface area contributed by atoms with E-state index >= 15 is 0 Å². The Labute approximate surface area is 189 Å². The largest absolute Gasteiger partial charge is 0.508 e. The third kappa shape index (κ3) is 5.70. The molecule has 2 amide bonds. The smallest absolute Gasteiger partial charge is 0.471 e. The summed E-state index contributed by atoms with van der Waals surface area (Å²) in [6, 6.07) is 4.53. The summed E-state index contributed by atoms with van der Waals surface area (Å²) in [4.78, 5) is 22.2. The Kier molecular flexibility index (Phi) is 7.12. The highest BCUT2D eigenvalue weighted by Crippen LogP contribution is 2.39. The van der Waals surface area contributed by atoms with Crippen molar-refractivity contribution in [1.82, 2.24) is 0 Å². The Bertz CT molecular complexity index is 1180. The summed E-state index contributed by atoms with van der Waals surface area (Å²) in [6.45, 7) is 3.07. The number of carbonyl (C=O) groups is 2. The van der Waals surface area contributed by atoms with Crippen LogP contribution in [0.1, 0.15) is 16.7 Å². The number of hydrogen-bond acceptors (Lipinski definition) is 5. The number of aromatic hydroxyl groups is 1. The third-order valence-corrected chi connectivity index (χ3v) is 6.22. The molecule has 0 unspecified atom stereocenters. The highest BCUT2D eigenvalue weighted by molar-refractivity contribution is 7.92. The molecule has 4 N–H and O–H groups in total. The lowest BCUT2D eigenvalue weighted by Gasteiger charge is -2.23. The van der Waals surface area contributed by atoms with Gasteiger partial charge < -0.3 is 15.7 Å². The van der Waals surface area contributed by atoms with Crippen LogP contribution in [-0.2, 0) is 19.6 Å². The van der Waals surface area contributed by atoms with Gasteiger partial charge in [0.2, 0.25) is 0 Å². The van der Waals surface area contributed by atoms with Crippen molar-refractivity contribution in [3.05, 3.63) is 41.0 Å². The lowest BCUT2D eigenvalue weighted by molar-refractivity contribution is -0.167. The van der Waals surface area contributed by atoms with Gasteiger partial charge in [-0.2, -0.15) is 26.3 Å². The SMILES string of the molecule is Cc1c(NC(=O)C(F)(F)F)c(C)c(S(=O)(=O)Nc2ccc(O)cc2)c(C)c1NC(=O)C(F)(F)F. The molecule has 186 valence electrons. The van der Waals surface area contributed by atoms with E-state index in [0.29, 0.717) is 0 Å². The highest BCUT2D eigenvalue weighted by atomic mass is 32.2. The van der Waals surface area contributed by atoms with Crippen LogP contribution in [0.15, 0.2) is 29.2 Å². The van der Waals surface area contributed by atoms with Gasteiger partial charge in [0.25, 0.3) is 10.0 Å². The molecule has 0 aliphatic heterocycles. The van der Waals surface area contributed by atoms with Crippen molar-refractivity contribution in [2.75, 3.05) is 15.4 Å². The molecule has 0 saturated carbocycles. The lowest BCUT2D eigenvalue weighted by Crippen LogP contribution is -2.33. The topological polar surface area (TPSA) is 125 Å².